The molecular formula is C33H31N3O5. The fraction of sp³-hybridized carbons (Fsp3) is 0.182. The van der Waals surface area contributed by atoms with Crippen LogP contribution in [0.15, 0.2) is 97.1 Å². The van der Waals surface area contributed by atoms with Crippen molar-refractivity contribution in [2.24, 2.45) is 5.92 Å². The van der Waals surface area contributed by atoms with E-state index in [1.54, 1.807) is 29.2 Å². The molecule has 4 aromatic rings. The lowest BCUT2D eigenvalue weighted by molar-refractivity contribution is -0.147. The first-order valence-electron chi connectivity index (χ1n) is 13.4. The first kappa shape index (κ1) is 27.5. The number of nitrogens with one attached hydrogen (secondary N) is 2. The number of esters is 1. The van der Waals surface area contributed by atoms with Crippen molar-refractivity contribution < 1.29 is 23.9 Å². The number of para-hydroxylation sites is 3. The topological polar surface area (TPSA) is 97.0 Å². The van der Waals surface area contributed by atoms with Crippen LogP contribution in [-0.4, -0.2) is 36.0 Å². The molecule has 3 amide bonds. The number of nitrogens with zero attached hydrogens (tertiary/aromatic N) is 1. The average Bonchev–Trinajstić information content (AvgIpc) is 3.29. The van der Waals surface area contributed by atoms with Crippen molar-refractivity contribution in [1.82, 2.24) is 4.90 Å². The number of carbonyl (C=O) groups excluding carboxylic acids is 3. The largest absolute Gasteiger partial charge is 0.467 e. The van der Waals surface area contributed by atoms with E-state index in [0.717, 1.165) is 16.7 Å². The van der Waals surface area contributed by atoms with Gasteiger partial charge in [0.25, 0.3) is 5.91 Å². The summed E-state index contributed by atoms with van der Waals surface area (Å²) in [5, 5.41) is 5.69. The first-order valence-corrected chi connectivity index (χ1v) is 13.4. The summed E-state index contributed by atoms with van der Waals surface area (Å²) in [7, 11) is 1.34. The van der Waals surface area contributed by atoms with E-state index in [1.165, 1.54) is 7.11 Å². The maximum atomic E-state index is 13.3. The fourth-order valence-electron chi connectivity index (χ4n) is 4.91. The zero-order valence-electron chi connectivity index (χ0n) is 23.1. The summed E-state index contributed by atoms with van der Waals surface area (Å²) in [5.41, 5.74) is 4.35. The van der Waals surface area contributed by atoms with Crippen molar-refractivity contribution in [3.05, 3.63) is 108 Å². The Bertz CT molecular complexity index is 1570. The molecule has 208 valence electrons. The zero-order valence-corrected chi connectivity index (χ0v) is 23.1. The molecule has 1 aliphatic heterocycles. The van der Waals surface area contributed by atoms with E-state index >= 15 is 0 Å². The molecule has 0 spiro atoms. The Labute approximate surface area is 238 Å². The van der Waals surface area contributed by atoms with E-state index in [4.69, 9.17) is 9.47 Å². The molecule has 2 N–H and O–H groups in total. The Hall–Kier alpha value is -5.11. The van der Waals surface area contributed by atoms with Crippen molar-refractivity contribution in [2.45, 2.75) is 26.4 Å². The van der Waals surface area contributed by atoms with Gasteiger partial charge in [0.1, 0.15) is 11.8 Å². The number of hydrogen-bond acceptors (Lipinski definition) is 5. The molecule has 1 aliphatic rings. The minimum absolute atomic E-state index is 0.0812. The minimum atomic E-state index is -0.642. The standard InChI is InChI=1S/C33H31N3O5/c1-21(2)30(32(38)40-3)36-20-24-14-13-23(19-27(24)31(36)37)22-15-17-25(18-16-22)34-33(39)35-28-11-7-8-12-29(28)41-26-9-5-4-6-10-26/h4-19,21,30H,20H2,1-3H3,(H2,34,35,39)/t30-/m0/s1. The number of hydrogen-bond donors (Lipinski definition) is 2. The molecule has 8 nitrogen and oxygen atoms in total. The van der Waals surface area contributed by atoms with Crippen LogP contribution in [0.1, 0.15) is 29.8 Å². The van der Waals surface area contributed by atoms with Crippen LogP contribution in [-0.2, 0) is 16.1 Å². The van der Waals surface area contributed by atoms with Gasteiger partial charge < -0.3 is 25.0 Å². The molecule has 0 fully saturated rings. The van der Waals surface area contributed by atoms with Crippen molar-refractivity contribution in [2.75, 3.05) is 17.7 Å². The molecule has 0 bridgehead atoms. The zero-order chi connectivity index (χ0) is 28.9. The molecule has 1 atom stereocenters. The lowest BCUT2D eigenvalue weighted by Crippen LogP contribution is -2.45. The quantitative estimate of drug-likeness (QED) is 0.232. The average molecular weight is 550 g/mol. The molecule has 0 saturated carbocycles. The Balaban J connectivity index is 1.26. The van der Waals surface area contributed by atoms with Crippen LogP contribution in [0.4, 0.5) is 16.2 Å². The SMILES string of the molecule is COC(=O)[C@H](C(C)C)N1Cc2ccc(-c3ccc(NC(=O)Nc4ccccc4Oc4ccccc4)cc3)cc2C1=O. The van der Waals surface area contributed by atoms with Crippen molar-refractivity contribution in [3.63, 3.8) is 0 Å². The van der Waals surface area contributed by atoms with Gasteiger partial charge >= 0.3 is 12.0 Å². The highest BCUT2D eigenvalue weighted by Crippen LogP contribution is 2.32. The van der Waals surface area contributed by atoms with Crippen LogP contribution in [0.25, 0.3) is 11.1 Å². The Morgan fingerprint density at radius 2 is 1.51 bits per heavy atom. The van der Waals surface area contributed by atoms with Crippen molar-refractivity contribution in [3.8, 4) is 22.6 Å². The number of ether oxygens (including phenoxy) is 2. The van der Waals surface area contributed by atoms with Gasteiger partial charge in [0.05, 0.1) is 12.8 Å². The molecule has 8 heteroatoms. The molecule has 0 unspecified atom stereocenters. The second kappa shape index (κ2) is 12.0. The molecule has 0 aromatic heterocycles. The molecule has 5 rings (SSSR count). The third-order valence-corrected chi connectivity index (χ3v) is 6.93. The number of anilines is 2. The van der Waals surface area contributed by atoms with Gasteiger partial charge in [-0.05, 0) is 65.1 Å². The van der Waals surface area contributed by atoms with Gasteiger partial charge in [-0.15, -0.1) is 0 Å². The Morgan fingerprint density at radius 3 is 2.22 bits per heavy atom. The van der Waals surface area contributed by atoms with Crippen LogP contribution in [0, 0.1) is 5.92 Å². The highest BCUT2D eigenvalue weighted by molar-refractivity contribution is 6.02. The highest BCUT2D eigenvalue weighted by atomic mass is 16.5. The fourth-order valence-corrected chi connectivity index (χ4v) is 4.91. The van der Waals surface area contributed by atoms with E-state index < -0.39 is 18.0 Å². The van der Waals surface area contributed by atoms with Crippen molar-refractivity contribution >= 4 is 29.3 Å². The highest BCUT2D eigenvalue weighted by Gasteiger charge is 2.38. The van der Waals surface area contributed by atoms with Gasteiger partial charge in [-0.1, -0.05) is 68.4 Å². The third kappa shape index (κ3) is 6.06. The third-order valence-electron chi connectivity index (χ3n) is 6.93. The van der Waals surface area contributed by atoms with Crippen LogP contribution in [0.5, 0.6) is 11.5 Å². The Kier molecular flexibility index (Phi) is 8.01. The normalized spacial score (nSPS) is 13.0. The van der Waals surface area contributed by atoms with E-state index in [0.29, 0.717) is 35.0 Å². The minimum Gasteiger partial charge on any atom is -0.467 e. The summed E-state index contributed by atoms with van der Waals surface area (Å²) in [6.45, 7) is 4.16. The van der Waals surface area contributed by atoms with Gasteiger partial charge in [-0.2, -0.15) is 0 Å². The number of fused-ring (bicyclic) bond motifs is 1. The molecular weight excluding hydrogens is 518 g/mol. The van der Waals surface area contributed by atoms with E-state index in [2.05, 4.69) is 10.6 Å². The van der Waals surface area contributed by atoms with Gasteiger partial charge in [-0.25, -0.2) is 9.59 Å². The predicted molar refractivity (Wildman–Crippen MR) is 158 cm³/mol. The summed E-state index contributed by atoms with van der Waals surface area (Å²) < 4.78 is 10.9. The van der Waals surface area contributed by atoms with E-state index in [1.807, 2.05) is 86.6 Å². The summed E-state index contributed by atoms with van der Waals surface area (Å²) in [6.07, 6.45) is 0. The maximum absolute atomic E-state index is 13.3. The van der Waals surface area contributed by atoms with Crippen molar-refractivity contribution in [1.29, 1.82) is 0 Å². The monoisotopic (exact) mass is 549 g/mol. The lowest BCUT2D eigenvalue weighted by Gasteiger charge is -2.28. The Morgan fingerprint density at radius 1 is 0.829 bits per heavy atom. The molecule has 0 radical (unpaired) electrons. The molecule has 0 saturated heterocycles. The number of rotatable bonds is 8. The molecule has 1 heterocycles. The van der Waals surface area contributed by atoms with Crippen LogP contribution in [0.2, 0.25) is 0 Å². The molecule has 41 heavy (non-hydrogen) atoms. The number of methoxy groups -OCH3 is 1. The van der Waals surface area contributed by atoms with Gasteiger partial charge in [0.2, 0.25) is 0 Å². The van der Waals surface area contributed by atoms with Crippen LogP contribution < -0.4 is 15.4 Å². The summed E-state index contributed by atoms with van der Waals surface area (Å²) in [4.78, 5) is 40.0. The number of benzene rings is 4. The second-order valence-electron chi connectivity index (χ2n) is 10.1. The number of carbonyl (C=O) groups is 3. The molecule has 0 aliphatic carbocycles. The second-order valence-corrected chi connectivity index (χ2v) is 10.1. The number of urea groups is 1. The van der Waals surface area contributed by atoms with E-state index in [9.17, 15) is 14.4 Å². The van der Waals surface area contributed by atoms with Crippen LogP contribution in [0.3, 0.4) is 0 Å². The van der Waals surface area contributed by atoms with Gasteiger partial charge in [0, 0.05) is 17.8 Å². The van der Waals surface area contributed by atoms with E-state index in [-0.39, 0.29) is 11.8 Å². The lowest BCUT2D eigenvalue weighted by atomic mass is 10.00. The predicted octanol–water partition coefficient (Wildman–Crippen LogP) is 6.94. The summed E-state index contributed by atoms with van der Waals surface area (Å²) in [6, 6.07) is 28.6. The first-order chi connectivity index (χ1) is 19.8. The van der Waals surface area contributed by atoms with Crippen LogP contribution >= 0.6 is 0 Å². The van der Waals surface area contributed by atoms with Gasteiger partial charge in [0.15, 0.2) is 5.75 Å². The number of amides is 3. The summed E-state index contributed by atoms with van der Waals surface area (Å²) >= 11 is 0. The summed E-state index contributed by atoms with van der Waals surface area (Å²) in [5.74, 6) is 0.516. The maximum Gasteiger partial charge on any atom is 0.328 e. The smallest absolute Gasteiger partial charge is 0.328 e. The molecule has 4 aromatic carbocycles. The van der Waals surface area contributed by atoms with Gasteiger partial charge in [-0.3, -0.25) is 4.79 Å².